The third-order valence-corrected chi connectivity index (χ3v) is 4.43. The second kappa shape index (κ2) is 5.34. The molecule has 2 nitrogen and oxygen atoms in total. The number of ketones is 1. The van der Waals surface area contributed by atoms with Crippen LogP contribution in [0.15, 0.2) is 12.7 Å². The molecule has 0 amide bonds. The number of ether oxygens (including phenoxy) is 1. The van der Waals surface area contributed by atoms with Gasteiger partial charge in [0, 0.05) is 5.92 Å². The summed E-state index contributed by atoms with van der Waals surface area (Å²) in [6, 6.07) is 0. The Morgan fingerprint density at radius 3 is 2.65 bits per heavy atom. The minimum Gasteiger partial charge on any atom is -0.371 e. The SMILES string of the molecule is C=CC[C@@H]1CC[C@@H](C(C)=O)C2(CCCCC2)O1. The van der Waals surface area contributed by atoms with Gasteiger partial charge in [0.1, 0.15) is 5.78 Å². The molecular formula is C15H24O2. The van der Waals surface area contributed by atoms with E-state index in [-0.39, 0.29) is 11.5 Å². The molecule has 2 atom stereocenters. The lowest BCUT2D eigenvalue weighted by Crippen LogP contribution is -2.51. The minimum atomic E-state index is -0.129. The Kier molecular flexibility index (Phi) is 4.03. The first-order valence-corrected chi connectivity index (χ1v) is 6.97. The predicted molar refractivity (Wildman–Crippen MR) is 68.9 cm³/mol. The molecule has 17 heavy (non-hydrogen) atoms. The largest absolute Gasteiger partial charge is 0.371 e. The van der Waals surface area contributed by atoms with Gasteiger partial charge < -0.3 is 4.74 Å². The second-order valence-corrected chi connectivity index (χ2v) is 5.63. The van der Waals surface area contributed by atoms with Gasteiger partial charge in [0.15, 0.2) is 0 Å². The smallest absolute Gasteiger partial charge is 0.135 e. The van der Waals surface area contributed by atoms with Crippen LogP contribution in [0, 0.1) is 5.92 Å². The molecule has 0 radical (unpaired) electrons. The van der Waals surface area contributed by atoms with Gasteiger partial charge in [-0.1, -0.05) is 25.3 Å². The number of rotatable bonds is 3. The zero-order valence-electron chi connectivity index (χ0n) is 10.9. The molecule has 96 valence electrons. The van der Waals surface area contributed by atoms with Crippen molar-refractivity contribution in [2.45, 2.75) is 70.0 Å². The van der Waals surface area contributed by atoms with Crippen molar-refractivity contribution in [2.75, 3.05) is 0 Å². The first-order valence-electron chi connectivity index (χ1n) is 6.97. The van der Waals surface area contributed by atoms with E-state index in [9.17, 15) is 4.79 Å². The molecule has 1 aliphatic heterocycles. The van der Waals surface area contributed by atoms with Gasteiger partial charge in [0.25, 0.3) is 0 Å². The summed E-state index contributed by atoms with van der Waals surface area (Å²) in [4.78, 5) is 11.8. The molecule has 1 saturated heterocycles. The topological polar surface area (TPSA) is 26.3 Å². The second-order valence-electron chi connectivity index (χ2n) is 5.63. The minimum absolute atomic E-state index is 0.129. The van der Waals surface area contributed by atoms with Crippen LogP contribution in [0.25, 0.3) is 0 Å². The Hall–Kier alpha value is -0.630. The summed E-state index contributed by atoms with van der Waals surface area (Å²) in [5.74, 6) is 0.466. The van der Waals surface area contributed by atoms with Crippen LogP contribution in [0.5, 0.6) is 0 Å². The number of carbonyl (C=O) groups excluding carboxylic acids is 1. The Morgan fingerprint density at radius 1 is 1.35 bits per heavy atom. The van der Waals surface area contributed by atoms with E-state index in [2.05, 4.69) is 6.58 Å². The van der Waals surface area contributed by atoms with Gasteiger partial charge in [-0.3, -0.25) is 4.79 Å². The molecule has 0 unspecified atom stereocenters. The molecule has 2 heteroatoms. The molecule has 1 spiro atoms. The molecule has 0 aromatic carbocycles. The fourth-order valence-electron chi connectivity index (χ4n) is 3.63. The van der Waals surface area contributed by atoms with Crippen molar-refractivity contribution in [3.05, 3.63) is 12.7 Å². The maximum atomic E-state index is 11.8. The summed E-state index contributed by atoms with van der Waals surface area (Å²) in [7, 11) is 0. The molecule has 1 heterocycles. The van der Waals surface area contributed by atoms with E-state index in [1.807, 2.05) is 6.08 Å². The monoisotopic (exact) mass is 236 g/mol. The predicted octanol–water partition coefficient (Wildman–Crippen LogP) is 3.65. The van der Waals surface area contributed by atoms with Crippen LogP contribution in [-0.2, 0) is 9.53 Å². The third kappa shape index (κ3) is 2.62. The molecule has 0 aromatic rings. The van der Waals surface area contributed by atoms with Crippen LogP contribution < -0.4 is 0 Å². The van der Waals surface area contributed by atoms with Gasteiger partial charge in [0.2, 0.25) is 0 Å². The highest BCUT2D eigenvalue weighted by Gasteiger charge is 2.47. The summed E-state index contributed by atoms with van der Waals surface area (Å²) in [6.45, 7) is 5.53. The first-order chi connectivity index (χ1) is 8.18. The van der Waals surface area contributed by atoms with E-state index < -0.39 is 0 Å². The molecular weight excluding hydrogens is 212 g/mol. The summed E-state index contributed by atoms with van der Waals surface area (Å²) in [5, 5.41) is 0. The molecule has 0 N–H and O–H groups in total. The number of carbonyl (C=O) groups is 1. The number of Topliss-reactive ketones (excluding diaryl/α,β-unsaturated/α-hetero) is 1. The lowest BCUT2D eigenvalue weighted by molar-refractivity contribution is -0.182. The fraction of sp³-hybridized carbons (Fsp3) is 0.800. The third-order valence-electron chi connectivity index (χ3n) is 4.43. The van der Waals surface area contributed by atoms with E-state index in [1.165, 1.54) is 19.3 Å². The van der Waals surface area contributed by atoms with E-state index in [0.717, 1.165) is 32.1 Å². The van der Waals surface area contributed by atoms with Crippen LogP contribution in [0.4, 0.5) is 0 Å². The maximum absolute atomic E-state index is 11.8. The first kappa shape index (κ1) is 12.8. The molecule has 0 aromatic heterocycles. The Balaban J connectivity index is 2.14. The van der Waals surface area contributed by atoms with Gasteiger partial charge in [0.05, 0.1) is 11.7 Å². The van der Waals surface area contributed by atoms with Crippen molar-refractivity contribution in [2.24, 2.45) is 5.92 Å². The lowest BCUT2D eigenvalue weighted by atomic mass is 9.70. The highest BCUT2D eigenvalue weighted by atomic mass is 16.5. The van der Waals surface area contributed by atoms with Gasteiger partial charge in [-0.05, 0) is 39.0 Å². The molecule has 2 fully saturated rings. The molecule has 1 aliphatic carbocycles. The lowest BCUT2D eigenvalue weighted by Gasteiger charge is -2.48. The van der Waals surface area contributed by atoms with Gasteiger partial charge >= 0.3 is 0 Å². The van der Waals surface area contributed by atoms with Crippen LogP contribution in [0.1, 0.15) is 58.3 Å². The van der Waals surface area contributed by atoms with Gasteiger partial charge in [-0.15, -0.1) is 6.58 Å². The van der Waals surface area contributed by atoms with Crippen molar-refractivity contribution in [1.82, 2.24) is 0 Å². The van der Waals surface area contributed by atoms with Crippen molar-refractivity contribution in [1.29, 1.82) is 0 Å². The van der Waals surface area contributed by atoms with Crippen molar-refractivity contribution < 1.29 is 9.53 Å². The Bertz CT molecular complexity index is 289. The molecule has 2 rings (SSSR count). The normalized spacial score (nSPS) is 32.3. The van der Waals surface area contributed by atoms with E-state index in [4.69, 9.17) is 4.74 Å². The Morgan fingerprint density at radius 2 is 2.06 bits per heavy atom. The number of hydrogen-bond donors (Lipinski definition) is 0. The molecule has 2 aliphatic rings. The Labute approximate surface area is 104 Å². The van der Waals surface area contributed by atoms with Crippen molar-refractivity contribution in [3.63, 3.8) is 0 Å². The summed E-state index contributed by atoms with van der Waals surface area (Å²) >= 11 is 0. The zero-order chi connectivity index (χ0) is 12.3. The molecule has 0 bridgehead atoms. The molecule has 1 saturated carbocycles. The van der Waals surface area contributed by atoms with E-state index in [1.54, 1.807) is 6.92 Å². The van der Waals surface area contributed by atoms with Crippen LogP contribution in [0.3, 0.4) is 0 Å². The van der Waals surface area contributed by atoms with Crippen LogP contribution in [-0.4, -0.2) is 17.5 Å². The van der Waals surface area contributed by atoms with Crippen molar-refractivity contribution >= 4 is 5.78 Å². The average Bonchev–Trinajstić information content (AvgIpc) is 2.30. The maximum Gasteiger partial charge on any atom is 0.135 e. The fourth-order valence-corrected chi connectivity index (χ4v) is 3.63. The summed E-state index contributed by atoms with van der Waals surface area (Å²) in [6.07, 6.45) is 11.0. The van der Waals surface area contributed by atoms with E-state index >= 15 is 0 Å². The highest BCUT2D eigenvalue weighted by molar-refractivity contribution is 5.79. The van der Waals surface area contributed by atoms with Gasteiger partial charge in [-0.25, -0.2) is 0 Å². The van der Waals surface area contributed by atoms with E-state index in [0.29, 0.717) is 11.9 Å². The standard InChI is InChI=1S/C15H24O2/c1-3-7-13-8-9-14(12(2)16)15(17-13)10-5-4-6-11-15/h3,13-14H,1,4-11H2,2H3/t13-,14+/m1/s1. The zero-order valence-corrected chi connectivity index (χ0v) is 10.9. The quantitative estimate of drug-likeness (QED) is 0.699. The highest BCUT2D eigenvalue weighted by Crippen LogP contribution is 2.45. The number of hydrogen-bond acceptors (Lipinski definition) is 2. The summed E-state index contributed by atoms with van der Waals surface area (Å²) < 4.78 is 6.34. The van der Waals surface area contributed by atoms with Crippen LogP contribution >= 0.6 is 0 Å². The van der Waals surface area contributed by atoms with Crippen molar-refractivity contribution in [3.8, 4) is 0 Å². The average molecular weight is 236 g/mol. The van der Waals surface area contributed by atoms with Crippen LogP contribution in [0.2, 0.25) is 0 Å². The van der Waals surface area contributed by atoms with Gasteiger partial charge in [-0.2, -0.15) is 0 Å². The summed E-state index contributed by atoms with van der Waals surface area (Å²) in [5.41, 5.74) is -0.129.